The molecule has 2 unspecified atom stereocenters. The lowest BCUT2D eigenvalue weighted by Crippen LogP contribution is -2.45. The number of methoxy groups -OCH3 is 1. The molecule has 2 aliphatic heterocycles. The maximum Gasteiger partial charge on any atom is 0.228 e. The van der Waals surface area contributed by atoms with E-state index in [1.165, 1.54) is 0 Å². The van der Waals surface area contributed by atoms with Crippen LogP contribution in [0.25, 0.3) is 0 Å². The Morgan fingerprint density at radius 3 is 2.60 bits per heavy atom. The molecule has 0 bridgehead atoms. The lowest BCUT2D eigenvalue weighted by atomic mass is 9.90. The van der Waals surface area contributed by atoms with Crippen LogP contribution in [0.15, 0.2) is 24.3 Å². The first kappa shape index (κ1) is 17.7. The van der Waals surface area contributed by atoms with Crippen molar-refractivity contribution in [3.63, 3.8) is 0 Å². The Morgan fingerprint density at radius 1 is 1.28 bits per heavy atom. The highest BCUT2D eigenvalue weighted by molar-refractivity contribution is 6.01. The van der Waals surface area contributed by atoms with Crippen LogP contribution in [0.3, 0.4) is 0 Å². The Kier molecular flexibility index (Phi) is 5.27. The smallest absolute Gasteiger partial charge is 0.228 e. The third-order valence-corrected chi connectivity index (χ3v) is 5.45. The number of nitrogens with two attached hydrogens (primary N) is 1. The number of para-hydroxylation sites is 2. The molecule has 6 nitrogen and oxygen atoms in total. The first-order valence-electron chi connectivity index (χ1n) is 8.99. The molecule has 0 spiro atoms. The zero-order valence-electron chi connectivity index (χ0n) is 15.0. The van der Waals surface area contributed by atoms with Crippen molar-refractivity contribution >= 4 is 17.5 Å². The summed E-state index contributed by atoms with van der Waals surface area (Å²) in [4.78, 5) is 28.9. The van der Waals surface area contributed by atoms with Crippen LogP contribution in [0.1, 0.15) is 26.2 Å². The van der Waals surface area contributed by atoms with Crippen LogP contribution >= 0.6 is 0 Å². The van der Waals surface area contributed by atoms with E-state index < -0.39 is 0 Å². The van der Waals surface area contributed by atoms with Gasteiger partial charge in [0.25, 0.3) is 0 Å². The van der Waals surface area contributed by atoms with E-state index in [9.17, 15) is 9.59 Å². The van der Waals surface area contributed by atoms with Crippen LogP contribution in [0.2, 0.25) is 0 Å². The van der Waals surface area contributed by atoms with Gasteiger partial charge in [-0.25, -0.2) is 0 Å². The summed E-state index contributed by atoms with van der Waals surface area (Å²) in [7, 11) is 1.59. The lowest BCUT2D eigenvalue weighted by Gasteiger charge is -2.35. The van der Waals surface area contributed by atoms with Crippen LogP contribution < -0.4 is 15.4 Å². The van der Waals surface area contributed by atoms with Gasteiger partial charge >= 0.3 is 0 Å². The molecule has 2 N–H and O–H groups in total. The van der Waals surface area contributed by atoms with Gasteiger partial charge in [-0.1, -0.05) is 12.1 Å². The average molecular weight is 345 g/mol. The van der Waals surface area contributed by atoms with Gasteiger partial charge < -0.3 is 20.3 Å². The third-order valence-electron chi connectivity index (χ3n) is 5.45. The Bertz CT molecular complexity index is 639. The van der Waals surface area contributed by atoms with E-state index in [1.807, 2.05) is 36.1 Å². The second kappa shape index (κ2) is 7.44. The molecule has 0 aliphatic carbocycles. The fraction of sp³-hybridized carbons (Fsp3) is 0.579. The summed E-state index contributed by atoms with van der Waals surface area (Å²) in [5.41, 5.74) is 6.71. The molecule has 2 heterocycles. The maximum absolute atomic E-state index is 12.8. The van der Waals surface area contributed by atoms with Gasteiger partial charge in [0.15, 0.2) is 0 Å². The van der Waals surface area contributed by atoms with Crippen LogP contribution in [0.5, 0.6) is 5.75 Å². The first-order chi connectivity index (χ1) is 12.0. The molecule has 0 aromatic heterocycles. The number of piperidine rings is 1. The van der Waals surface area contributed by atoms with Gasteiger partial charge in [0.2, 0.25) is 11.8 Å². The number of amides is 2. The van der Waals surface area contributed by atoms with Crippen molar-refractivity contribution in [2.24, 2.45) is 17.6 Å². The number of carbonyl (C=O) groups is 2. The van der Waals surface area contributed by atoms with Crippen molar-refractivity contribution in [2.45, 2.75) is 32.2 Å². The van der Waals surface area contributed by atoms with Gasteiger partial charge in [0.1, 0.15) is 5.75 Å². The minimum atomic E-state index is -0.274. The largest absolute Gasteiger partial charge is 0.495 e. The standard InChI is InChI=1S/C19H27N3O3/c1-13(20)14-7-9-21(10-8-14)19(24)15-11-18(23)22(12-15)16-5-3-4-6-17(16)25-2/h3-6,13-15H,7-12,20H2,1-2H3. The Balaban J connectivity index is 1.65. The quantitative estimate of drug-likeness (QED) is 0.900. The van der Waals surface area contributed by atoms with E-state index >= 15 is 0 Å². The normalized spacial score (nSPS) is 23.0. The van der Waals surface area contributed by atoms with Crippen molar-refractivity contribution in [1.82, 2.24) is 4.90 Å². The second-order valence-corrected chi connectivity index (χ2v) is 7.10. The summed E-state index contributed by atoms with van der Waals surface area (Å²) in [5.74, 6) is 0.937. The van der Waals surface area contributed by atoms with Gasteiger partial charge in [-0.2, -0.15) is 0 Å². The number of hydrogen-bond donors (Lipinski definition) is 1. The zero-order valence-corrected chi connectivity index (χ0v) is 15.0. The highest BCUT2D eigenvalue weighted by Gasteiger charge is 2.39. The molecule has 0 radical (unpaired) electrons. The second-order valence-electron chi connectivity index (χ2n) is 7.10. The molecule has 3 rings (SSSR count). The molecule has 0 saturated carbocycles. The van der Waals surface area contributed by atoms with Gasteiger partial charge in [-0.15, -0.1) is 0 Å². The van der Waals surface area contributed by atoms with Gasteiger partial charge in [-0.3, -0.25) is 9.59 Å². The molecular formula is C19H27N3O3. The van der Waals surface area contributed by atoms with Gasteiger partial charge in [0, 0.05) is 32.1 Å². The predicted octanol–water partition coefficient (Wildman–Crippen LogP) is 1.63. The fourth-order valence-corrected chi connectivity index (χ4v) is 3.86. The minimum Gasteiger partial charge on any atom is -0.495 e. The maximum atomic E-state index is 12.8. The molecule has 2 atom stereocenters. The van der Waals surface area contributed by atoms with E-state index in [-0.39, 0.29) is 30.2 Å². The van der Waals surface area contributed by atoms with E-state index in [0.717, 1.165) is 31.6 Å². The number of carbonyl (C=O) groups excluding carboxylic acids is 2. The average Bonchev–Trinajstić information content (AvgIpc) is 3.02. The van der Waals surface area contributed by atoms with Crippen molar-refractivity contribution in [3.8, 4) is 5.75 Å². The topological polar surface area (TPSA) is 75.9 Å². The van der Waals surface area contributed by atoms with E-state index in [1.54, 1.807) is 12.0 Å². The van der Waals surface area contributed by atoms with Crippen LogP contribution in [0.4, 0.5) is 5.69 Å². The summed E-state index contributed by atoms with van der Waals surface area (Å²) in [6, 6.07) is 7.60. The summed E-state index contributed by atoms with van der Waals surface area (Å²) < 4.78 is 5.35. The summed E-state index contributed by atoms with van der Waals surface area (Å²) in [6.45, 7) is 3.93. The predicted molar refractivity (Wildman–Crippen MR) is 96.4 cm³/mol. The molecule has 1 aromatic rings. The van der Waals surface area contributed by atoms with E-state index in [0.29, 0.717) is 18.2 Å². The van der Waals surface area contributed by atoms with Crippen molar-refractivity contribution < 1.29 is 14.3 Å². The Labute approximate surface area is 148 Å². The molecule has 136 valence electrons. The van der Waals surface area contributed by atoms with Gasteiger partial charge in [-0.05, 0) is 37.8 Å². The SMILES string of the molecule is COc1ccccc1N1CC(C(=O)N2CCC(C(C)N)CC2)CC1=O. The zero-order chi connectivity index (χ0) is 18.0. The lowest BCUT2D eigenvalue weighted by molar-refractivity contribution is -0.137. The fourth-order valence-electron chi connectivity index (χ4n) is 3.86. The molecule has 2 fully saturated rings. The van der Waals surface area contributed by atoms with Crippen molar-refractivity contribution in [2.75, 3.05) is 31.6 Å². The number of anilines is 1. The number of rotatable bonds is 4. The highest BCUT2D eigenvalue weighted by atomic mass is 16.5. The number of nitrogens with zero attached hydrogens (tertiary/aromatic N) is 2. The van der Waals surface area contributed by atoms with E-state index in [2.05, 4.69) is 0 Å². The monoisotopic (exact) mass is 345 g/mol. The summed E-state index contributed by atoms with van der Waals surface area (Å²) in [6.07, 6.45) is 2.16. The Morgan fingerprint density at radius 2 is 1.96 bits per heavy atom. The molecular weight excluding hydrogens is 318 g/mol. The molecule has 6 heteroatoms. The molecule has 2 amide bonds. The van der Waals surface area contributed by atoms with Crippen LogP contribution in [-0.4, -0.2) is 49.5 Å². The highest BCUT2D eigenvalue weighted by Crippen LogP contribution is 2.33. The molecule has 2 aliphatic rings. The summed E-state index contributed by atoms with van der Waals surface area (Å²) in [5, 5.41) is 0. The van der Waals surface area contributed by atoms with Crippen molar-refractivity contribution in [3.05, 3.63) is 24.3 Å². The van der Waals surface area contributed by atoms with Crippen molar-refractivity contribution in [1.29, 1.82) is 0 Å². The Hall–Kier alpha value is -2.08. The number of likely N-dealkylation sites (tertiary alicyclic amines) is 1. The van der Waals surface area contributed by atoms with Crippen LogP contribution in [-0.2, 0) is 9.59 Å². The first-order valence-corrected chi connectivity index (χ1v) is 8.99. The number of hydrogen-bond acceptors (Lipinski definition) is 4. The molecule has 2 saturated heterocycles. The van der Waals surface area contributed by atoms with Crippen LogP contribution in [0, 0.1) is 11.8 Å². The molecule has 1 aromatic carbocycles. The summed E-state index contributed by atoms with van der Waals surface area (Å²) >= 11 is 0. The van der Waals surface area contributed by atoms with Gasteiger partial charge in [0.05, 0.1) is 18.7 Å². The minimum absolute atomic E-state index is 0.0201. The number of benzene rings is 1. The molecule has 25 heavy (non-hydrogen) atoms. The third kappa shape index (κ3) is 3.63. The number of ether oxygens (including phenoxy) is 1. The van der Waals surface area contributed by atoms with E-state index in [4.69, 9.17) is 10.5 Å².